The lowest BCUT2D eigenvalue weighted by Gasteiger charge is -2.65. The van der Waals surface area contributed by atoms with E-state index in [1.54, 1.807) is 13.0 Å². The van der Waals surface area contributed by atoms with Crippen molar-refractivity contribution in [2.75, 3.05) is 26.5 Å². The summed E-state index contributed by atoms with van der Waals surface area (Å²) in [5.74, 6) is -0.191. The monoisotopic (exact) mass is 598 g/mol. The summed E-state index contributed by atoms with van der Waals surface area (Å²) in [4.78, 5) is 28.4. The Morgan fingerprint density at radius 3 is 2.86 bits per heavy atom. The van der Waals surface area contributed by atoms with Crippen LogP contribution in [0, 0.1) is 17.3 Å². The average molecular weight is 599 g/mol. The maximum Gasteiger partial charge on any atom is 0.342 e. The van der Waals surface area contributed by atoms with Gasteiger partial charge in [0.05, 0.1) is 11.0 Å². The third-order valence-electron chi connectivity index (χ3n) is 9.74. The lowest BCUT2D eigenvalue weighted by molar-refractivity contribution is -0.242. The number of hydrogen-bond acceptors (Lipinski definition) is 9. The zero-order chi connectivity index (χ0) is 29.7. The van der Waals surface area contributed by atoms with Crippen LogP contribution >= 0.6 is 7.52 Å². The highest BCUT2D eigenvalue weighted by Gasteiger charge is 2.77. The number of carbonyl (C=O) groups is 2. The van der Waals surface area contributed by atoms with Crippen molar-refractivity contribution in [2.24, 2.45) is 17.3 Å². The summed E-state index contributed by atoms with van der Waals surface area (Å²) in [5.41, 5.74) is -1.07. The highest BCUT2D eigenvalue weighted by atomic mass is 31.2. The van der Waals surface area contributed by atoms with Gasteiger partial charge in [-0.15, -0.1) is 6.58 Å². The van der Waals surface area contributed by atoms with Crippen molar-refractivity contribution in [3.63, 3.8) is 0 Å². The van der Waals surface area contributed by atoms with Gasteiger partial charge >= 0.3 is 13.5 Å². The summed E-state index contributed by atoms with van der Waals surface area (Å²) in [7, 11) is -2.41. The lowest BCUT2D eigenvalue weighted by Crippen LogP contribution is -2.76. The number of benzene rings is 1. The molecule has 2 N–H and O–H groups in total. The average Bonchev–Trinajstić information content (AvgIpc) is 3.33. The van der Waals surface area contributed by atoms with Gasteiger partial charge in [0.15, 0.2) is 17.6 Å². The Kier molecular flexibility index (Phi) is 7.73. The van der Waals surface area contributed by atoms with Crippen LogP contribution in [0.3, 0.4) is 0 Å². The highest BCUT2D eigenvalue weighted by Crippen LogP contribution is 2.69. The van der Waals surface area contributed by atoms with E-state index in [1.165, 1.54) is 7.11 Å². The Bertz CT molecular complexity index is 1360. The Morgan fingerprint density at radius 2 is 2.12 bits per heavy atom. The maximum absolute atomic E-state index is 14.1. The van der Waals surface area contributed by atoms with Crippen LogP contribution in [0.5, 0.6) is 0 Å². The number of ether oxygens (including phenoxy) is 3. The van der Waals surface area contributed by atoms with Gasteiger partial charge < -0.3 is 23.8 Å². The van der Waals surface area contributed by atoms with Crippen molar-refractivity contribution in [1.82, 2.24) is 9.99 Å². The molecule has 8 atom stereocenters. The minimum Gasteiger partial charge on any atom is -0.482 e. The fourth-order valence-corrected chi connectivity index (χ4v) is 9.77. The van der Waals surface area contributed by atoms with Gasteiger partial charge in [-0.05, 0) is 50.3 Å². The van der Waals surface area contributed by atoms with Crippen LogP contribution in [-0.4, -0.2) is 72.1 Å². The first-order valence-corrected chi connectivity index (χ1v) is 16.4. The number of ketones is 1. The third-order valence-corrected chi connectivity index (χ3v) is 11.6. The van der Waals surface area contributed by atoms with Crippen LogP contribution in [0.25, 0.3) is 0 Å². The molecule has 0 amide bonds. The van der Waals surface area contributed by atoms with Gasteiger partial charge in [0.25, 0.3) is 0 Å². The number of hydrogen-bond donors (Lipinski definition) is 2. The van der Waals surface area contributed by atoms with E-state index in [0.717, 1.165) is 12.1 Å². The summed E-state index contributed by atoms with van der Waals surface area (Å²) in [6, 6.07) is 8.21. The van der Waals surface area contributed by atoms with Crippen LogP contribution in [0.15, 0.2) is 66.7 Å². The summed E-state index contributed by atoms with van der Waals surface area (Å²) in [6.07, 6.45) is 6.43. The summed E-state index contributed by atoms with van der Waals surface area (Å²) >= 11 is 0. The molecule has 42 heavy (non-hydrogen) atoms. The largest absolute Gasteiger partial charge is 0.482 e. The maximum atomic E-state index is 14.1. The molecule has 2 aliphatic heterocycles. The molecule has 6 rings (SSSR count). The van der Waals surface area contributed by atoms with Crippen LogP contribution in [0.4, 0.5) is 0 Å². The first kappa shape index (κ1) is 29.3. The molecule has 2 bridgehead atoms. The molecule has 226 valence electrons. The molecule has 0 radical (unpaired) electrons. The Balaban J connectivity index is 1.27. The third kappa shape index (κ3) is 4.59. The number of rotatable bonds is 11. The van der Waals surface area contributed by atoms with E-state index in [-0.39, 0.29) is 48.8 Å². The van der Waals surface area contributed by atoms with Crippen molar-refractivity contribution in [2.45, 2.75) is 63.0 Å². The number of carbonyl (C=O) groups excluding carboxylic acids is 2. The summed E-state index contributed by atoms with van der Waals surface area (Å²) in [5, 5.41) is 15.2. The van der Waals surface area contributed by atoms with Crippen LogP contribution in [0.2, 0.25) is 0 Å². The van der Waals surface area contributed by atoms with E-state index < -0.39 is 36.7 Å². The molecule has 10 nitrogen and oxygen atoms in total. The van der Waals surface area contributed by atoms with Gasteiger partial charge in [-0.1, -0.05) is 42.5 Å². The number of piperidine rings is 1. The number of allylic oxidation sites excluding steroid dienone is 3. The number of nitrogens with one attached hydrogen (secondary N) is 1. The van der Waals surface area contributed by atoms with Gasteiger partial charge in [0.2, 0.25) is 0 Å². The molecule has 1 aromatic rings. The first-order chi connectivity index (χ1) is 20.2. The minimum atomic E-state index is -3.81. The number of aliphatic hydroxyl groups is 1. The quantitative estimate of drug-likeness (QED) is 0.222. The van der Waals surface area contributed by atoms with Crippen LogP contribution < -0.4 is 5.09 Å². The first-order valence-electron chi connectivity index (χ1n) is 14.6. The van der Waals surface area contributed by atoms with E-state index in [0.29, 0.717) is 31.6 Å². The van der Waals surface area contributed by atoms with Crippen LogP contribution in [0.1, 0.15) is 38.2 Å². The Morgan fingerprint density at radius 1 is 1.33 bits per heavy atom. The fourth-order valence-electron chi connectivity index (χ4n) is 8.08. The standard InChI is InChI=1S/C31H39N2O8P/c1-4-15-33-16-14-30-26-22-10-11-24(27(26)40-28(30)23(34)12-13-31(30,36)25(33)17-22)41-42(37,19-38-3)32-20(2)29(35)39-18-21-8-6-5-7-9-21/h4-11,20,22,25-26,28,36H,1,12-19H2,2-3H3,(H,32,37)/t20-,22?,25?,26?,28-,30-,31+,42?/m0/s1. The minimum absolute atomic E-state index is 0.0165. The van der Waals surface area contributed by atoms with Crippen molar-refractivity contribution < 1.29 is 38.0 Å². The molecular weight excluding hydrogens is 559 g/mol. The topological polar surface area (TPSA) is 124 Å². The predicted molar refractivity (Wildman–Crippen MR) is 154 cm³/mol. The van der Waals surface area contributed by atoms with E-state index in [4.69, 9.17) is 18.7 Å². The van der Waals surface area contributed by atoms with Gasteiger partial charge in [0.1, 0.15) is 24.8 Å². The number of likely N-dealkylation sites (tertiary alicyclic amines) is 1. The number of methoxy groups -OCH3 is 1. The van der Waals surface area contributed by atoms with Crippen molar-refractivity contribution >= 4 is 19.3 Å². The van der Waals surface area contributed by atoms with Gasteiger partial charge in [0, 0.05) is 32.0 Å². The Labute approximate surface area is 246 Å². The van der Waals surface area contributed by atoms with Crippen molar-refractivity contribution in [3.05, 3.63) is 72.2 Å². The van der Waals surface area contributed by atoms with E-state index in [2.05, 4.69) is 16.6 Å². The van der Waals surface area contributed by atoms with Gasteiger partial charge in [-0.2, -0.15) is 0 Å². The van der Waals surface area contributed by atoms with E-state index in [9.17, 15) is 19.3 Å². The molecule has 1 spiro atoms. The number of esters is 1. The molecule has 5 aliphatic rings. The molecule has 4 unspecified atom stereocenters. The molecule has 2 saturated carbocycles. The normalized spacial score (nSPS) is 35.1. The molecule has 2 heterocycles. The second kappa shape index (κ2) is 11.1. The molecular formula is C31H39N2O8P. The molecule has 0 aromatic heterocycles. The predicted octanol–water partition coefficient (Wildman–Crippen LogP) is 3.68. The lowest BCUT2D eigenvalue weighted by atomic mass is 9.44. The van der Waals surface area contributed by atoms with Gasteiger partial charge in [-0.25, -0.2) is 5.09 Å². The van der Waals surface area contributed by atoms with Crippen molar-refractivity contribution in [3.8, 4) is 0 Å². The summed E-state index contributed by atoms with van der Waals surface area (Å²) < 4.78 is 37.3. The van der Waals surface area contributed by atoms with E-state index in [1.807, 2.05) is 42.5 Å². The second-order valence-electron chi connectivity index (χ2n) is 12.1. The fraction of sp³-hybridized carbons (Fsp3) is 0.548. The molecule has 3 aliphatic carbocycles. The molecule has 11 heteroatoms. The Hall–Kier alpha value is -2.75. The number of Topliss-reactive ketones (excluding diaryl/α,β-unsaturated/α-hetero) is 1. The number of nitrogens with zero attached hydrogens (tertiary/aromatic N) is 1. The highest BCUT2D eigenvalue weighted by molar-refractivity contribution is 7.56. The van der Waals surface area contributed by atoms with Gasteiger partial charge in [-0.3, -0.25) is 19.1 Å². The van der Waals surface area contributed by atoms with E-state index >= 15 is 0 Å². The summed E-state index contributed by atoms with van der Waals surface area (Å²) in [6.45, 7) is 6.93. The second-order valence-corrected chi connectivity index (χ2v) is 14.1. The zero-order valence-corrected chi connectivity index (χ0v) is 25.0. The smallest absolute Gasteiger partial charge is 0.342 e. The van der Waals surface area contributed by atoms with Crippen molar-refractivity contribution in [1.29, 1.82) is 0 Å². The molecule has 2 saturated heterocycles. The zero-order valence-electron chi connectivity index (χ0n) is 24.1. The molecule has 1 aromatic carbocycles. The van der Waals surface area contributed by atoms with Crippen LogP contribution in [-0.2, 0) is 39.5 Å². The SMILES string of the molecule is C=CCN1CC[C@@]23C4C5=C(OP(=O)(COC)N[C@@H](C)C(=O)OCc6ccccc6)C=CC4CC1[C@]2(O)CCC(=O)[C@@H]3O5. The molecule has 4 fully saturated rings.